The van der Waals surface area contributed by atoms with Gasteiger partial charge >= 0.3 is 0 Å². The molecule has 0 spiro atoms. The normalized spacial score (nSPS) is 16.5. The average Bonchev–Trinajstić information content (AvgIpc) is 2.95. The minimum Gasteiger partial charge on any atom is -0.324 e. The molecule has 26 heavy (non-hydrogen) atoms. The van der Waals surface area contributed by atoms with Gasteiger partial charge in [-0.15, -0.1) is 11.3 Å². The molecule has 0 fully saturated rings. The van der Waals surface area contributed by atoms with Crippen LogP contribution in [0.3, 0.4) is 0 Å². The van der Waals surface area contributed by atoms with Gasteiger partial charge in [0.2, 0.25) is 5.91 Å². The van der Waals surface area contributed by atoms with E-state index in [-0.39, 0.29) is 12.1 Å². The summed E-state index contributed by atoms with van der Waals surface area (Å²) in [4.78, 5) is 31.5. The fourth-order valence-electron chi connectivity index (χ4n) is 3.40. The van der Waals surface area contributed by atoms with Gasteiger partial charge in [0, 0.05) is 10.6 Å². The van der Waals surface area contributed by atoms with Crippen molar-refractivity contribution in [3.05, 3.63) is 57.2 Å². The SMILES string of the molecule is CC1CCc2c(sc3ncn(CC(=O)Nc4cccc(F)c4)c(=O)c23)C1. The number of anilines is 1. The number of carbonyl (C=O) groups excluding carboxylic acids is 1. The van der Waals surface area contributed by atoms with E-state index in [1.807, 2.05) is 0 Å². The van der Waals surface area contributed by atoms with Crippen molar-refractivity contribution in [2.24, 2.45) is 5.92 Å². The third-order valence-electron chi connectivity index (χ3n) is 4.70. The van der Waals surface area contributed by atoms with Crippen molar-refractivity contribution in [1.29, 1.82) is 0 Å². The van der Waals surface area contributed by atoms with Gasteiger partial charge in [-0.05, 0) is 48.9 Å². The monoisotopic (exact) mass is 371 g/mol. The third-order valence-corrected chi connectivity index (χ3v) is 5.87. The number of nitrogens with zero attached hydrogens (tertiary/aromatic N) is 2. The number of carbonyl (C=O) groups is 1. The van der Waals surface area contributed by atoms with Crippen LogP contribution in [0.5, 0.6) is 0 Å². The van der Waals surface area contributed by atoms with Gasteiger partial charge in [-0.3, -0.25) is 14.2 Å². The number of halogens is 1. The molecule has 5 nitrogen and oxygen atoms in total. The second-order valence-corrected chi connectivity index (χ2v) is 7.85. The van der Waals surface area contributed by atoms with E-state index in [1.165, 1.54) is 34.0 Å². The molecule has 0 radical (unpaired) electrons. The molecular formula is C19H18FN3O2S. The predicted molar refractivity (Wildman–Crippen MR) is 100 cm³/mol. The van der Waals surface area contributed by atoms with Gasteiger partial charge in [0.05, 0.1) is 11.7 Å². The van der Waals surface area contributed by atoms with Gasteiger partial charge in [-0.25, -0.2) is 9.37 Å². The van der Waals surface area contributed by atoms with E-state index in [1.54, 1.807) is 17.4 Å². The molecule has 0 bridgehead atoms. The highest BCUT2D eigenvalue weighted by molar-refractivity contribution is 7.18. The zero-order valence-electron chi connectivity index (χ0n) is 14.3. The van der Waals surface area contributed by atoms with E-state index >= 15 is 0 Å². The molecule has 3 aromatic rings. The van der Waals surface area contributed by atoms with E-state index in [2.05, 4.69) is 17.2 Å². The zero-order valence-corrected chi connectivity index (χ0v) is 15.1. The van der Waals surface area contributed by atoms with Crippen LogP contribution >= 0.6 is 11.3 Å². The molecule has 1 unspecified atom stereocenters. The first-order valence-corrected chi connectivity index (χ1v) is 9.38. The number of hydrogen-bond acceptors (Lipinski definition) is 4. The van der Waals surface area contributed by atoms with Crippen molar-refractivity contribution >= 4 is 33.1 Å². The number of aryl methyl sites for hydroxylation is 1. The molecule has 1 aliphatic rings. The Hall–Kier alpha value is -2.54. The summed E-state index contributed by atoms with van der Waals surface area (Å²) in [6.07, 6.45) is 4.34. The largest absolute Gasteiger partial charge is 0.324 e. The lowest BCUT2D eigenvalue weighted by molar-refractivity contribution is -0.116. The van der Waals surface area contributed by atoms with Crippen molar-refractivity contribution in [2.45, 2.75) is 32.7 Å². The van der Waals surface area contributed by atoms with Crippen LogP contribution in [0.4, 0.5) is 10.1 Å². The van der Waals surface area contributed by atoms with Crippen LogP contribution in [0.1, 0.15) is 23.8 Å². The summed E-state index contributed by atoms with van der Waals surface area (Å²) in [5, 5.41) is 3.26. The Balaban J connectivity index is 1.62. The molecular weight excluding hydrogens is 353 g/mol. The maximum Gasteiger partial charge on any atom is 0.262 e. The Morgan fingerprint density at radius 1 is 1.46 bits per heavy atom. The number of thiophene rings is 1. The summed E-state index contributed by atoms with van der Waals surface area (Å²) in [5.41, 5.74) is 1.27. The summed E-state index contributed by atoms with van der Waals surface area (Å²) in [5.74, 6) is -0.200. The highest BCUT2D eigenvalue weighted by Gasteiger charge is 2.23. The molecule has 134 valence electrons. The van der Waals surface area contributed by atoms with Crippen LogP contribution in [-0.4, -0.2) is 15.5 Å². The number of amides is 1. The summed E-state index contributed by atoms with van der Waals surface area (Å²) < 4.78 is 14.5. The molecule has 1 aliphatic carbocycles. The minimum atomic E-state index is -0.429. The predicted octanol–water partition coefficient (Wildman–Crippen LogP) is 3.36. The van der Waals surface area contributed by atoms with Crippen LogP contribution in [-0.2, 0) is 24.2 Å². The Kier molecular flexibility index (Phi) is 4.32. The van der Waals surface area contributed by atoms with Gasteiger partial charge in [0.15, 0.2) is 0 Å². The molecule has 4 rings (SSSR count). The van der Waals surface area contributed by atoms with Crippen LogP contribution < -0.4 is 10.9 Å². The van der Waals surface area contributed by atoms with Gasteiger partial charge in [-0.2, -0.15) is 0 Å². The quantitative estimate of drug-likeness (QED) is 0.768. The first-order valence-electron chi connectivity index (χ1n) is 8.56. The van der Waals surface area contributed by atoms with Crippen molar-refractivity contribution in [3.63, 3.8) is 0 Å². The fraction of sp³-hybridized carbons (Fsp3) is 0.316. The van der Waals surface area contributed by atoms with Gasteiger partial charge in [0.1, 0.15) is 17.2 Å². The van der Waals surface area contributed by atoms with E-state index in [9.17, 15) is 14.0 Å². The zero-order chi connectivity index (χ0) is 18.3. The summed E-state index contributed by atoms with van der Waals surface area (Å²) in [6.45, 7) is 2.06. The van der Waals surface area contributed by atoms with Crippen LogP contribution in [0.2, 0.25) is 0 Å². The van der Waals surface area contributed by atoms with Crippen LogP contribution in [0.15, 0.2) is 35.4 Å². The standard InChI is InChI=1S/C19H18FN3O2S/c1-11-5-6-14-15(7-11)26-18-17(14)19(25)23(10-21-18)9-16(24)22-13-4-2-3-12(20)8-13/h2-4,8,10-11H,5-7,9H2,1H3,(H,22,24). The fourth-order valence-corrected chi connectivity index (χ4v) is 4.74. The molecule has 1 atom stereocenters. The topological polar surface area (TPSA) is 64.0 Å². The lowest BCUT2D eigenvalue weighted by atomic mass is 9.89. The maximum atomic E-state index is 13.2. The van der Waals surface area contributed by atoms with Gasteiger partial charge < -0.3 is 5.32 Å². The Morgan fingerprint density at radius 3 is 3.12 bits per heavy atom. The summed E-state index contributed by atoms with van der Waals surface area (Å²) >= 11 is 1.58. The number of hydrogen-bond donors (Lipinski definition) is 1. The number of benzene rings is 1. The van der Waals surface area contributed by atoms with Crippen molar-refractivity contribution in [2.75, 3.05) is 5.32 Å². The summed E-state index contributed by atoms with van der Waals surface area (Å²) in [6, 6.07) is 5.65. The molecule has 7 heteroatoms. The lowest BCUT2D eigenvalue weighted by Gasteiger charge is -2.17. The van der Waals surface area contributed by atoms with E-state index in [0.717, 1.165) is 29.7 Å². The molecule has 1 aromatic carbocycles. The van der Waals surface area contributed by atoms with Gasteiger partial charge in [0.25, 0.3) is 5.56 Å². The molecule has 0 saturated heterocycles. The molecule has 2 heterocycles. The first kappa shape index (κ1) is 16.9. The second kappa shape index (κ2) is 6.64. The van der Waals surface area contributed by atoms with Crippen molar-refractivity contribution in [3.8, 4) is 0 Å². The Bertz CT molecular complexity index is 1060. The van der Waals surface area contributed by atoms with E-state index < -0.39 is 11.7 Å². The smallest absolute Gasteiger partial charge is 0.262 e. The second-order valence-electron chi connectivity index (χ2n) is 6.77. The minimum absolute atomic E-state index is 0.153. The molecule has 2 aromatic heterocycles. The van der Waals surface area contributed by atoms with Crippen LogP contribution in [0.25, 0.3) is 10.2 Å². The molecule has 0 saturated carbocycles. The van der Waals surface area contributed by atoms with Crippen LogP contribution in [0, 0.1) is 11.7 Å². The first-order chi connectivity index (χ1) is 12.5. The number of rotatable bonds is 3. The molecule has 1 amide bonds. The van der Waals surface area contributed by atoms with Gasteiger partial charge in [-0.1, -0.05) is 13.0 Å². The molecule has 0 aliphatic heterocycles. The number of fused-ring (bicyclic) bond motifs is 3. The van der Waals surface area contributed by atoms with E-state index in [4.69, 9.17) is 0 Å². The third kappa shape index (κ3) is 3.14. The van der Waals surface area contributed by atoms with Crippen molar-refractivity contribution < 1.29 is 9.18 Å². The average molecular weight is 371 g/mol. The number of nitrogens with one attached hydrogen (secondary N) is 1. The molecule has 1 N–H and O–H groups in total. The van der Waals surface area contributed by atoms with Crippen molar-refractivity contribution in [1.82, 2.24) is 9.55 Å². The highest BCUT2D eigenvalue weighted by Crippen LogP contribution is 2.35. The van der Waals surface area contributed by atoms with E-state index in [0.29, 0.717) is 17.0 Å². The highest BCUT2D eigenvalue weighted by atomic mass is 32.1. The summed E-state index contributed by atoms with van der Waals surface area (Å²) in [7, 11) is 0. The Morgan fingerprint density at radius 2 is 2.31 bits per heavy atom. The lowest BCUT2D eigenvalue weighted by Crippen LogP contribution is -2.28. The maximum absolute atomic E-state index is 13.2. The Labute approximate surface area is 153 Å². The number of aromatic nitrogens is 2.